The van der Waals surface area contributed by atoms with Crippen molar-refractivity contribution in [2.45, 2.75) is 57.1 Å². The summed E-state index contributed by atoms with van der Waals surface area (Å²) in [5, 5.41) is 14.1. The molecule has 110 valence electrons. The maximum absolute atomic E-state index is 11.7. The first-order valence-corrected chi connectivity index (χ1v) is 6.79. The Kier molecular flexibility index (Phi) is 6.08. The van der Waals surface area contributed by atoms with Crippen LogP contribution in [0.5, 0.6) is 0 Å². The Morgan fingerprint density at radius 1 is 1.42 bits per heavy atom. The Labute approximate surface area is 113 Å². The molecule has 1 fully saturated rings. The molecular weight excluding hydrogens is 248 g/mol. The Bertz CT molecular complexity index is 310. The largest absolute Gasteiger partial charge is 0.481 e. The summed E-state index contributed by atoms with van der Waals surface area (Å²) < 4.78 is 5.41. The minimum absolute atomic E-state index is 0.0285. The van der Waals surface area contributed by atoms with E-state index in [-0.39, 0.29) is 24.1 Å². The molecule has 6 nitrogen and oxygen atoms in total. The van der Waals surface area contributed by atoms with Gasteiger partial charge < -0.3 is 20.5 Å². The van der Waals surface area contributed by atoms with Gasteiger partial charge in [0.2, 0.25) is 0 Å². The van der Waals surface area contributed by atoms with Crippen LogP contribution in [0.1, 0.15) is 45.4 Å². The monoisotopic (exact) mass is 272 g/mol. The third-order valence-corrected chi connectivity index (χ3v) is 3.67. The normalized spacial score (nSPS) is 18.2. The maximum Gasteiger partial charge on any atom is 0.315 e. The number of amides is 2. The van der Waals surface area contributed by atoms with Gasteiger partial charge in [-0.2, -0.15) is 0 Å². The highest BCUT2D eigenvalue weighted by Gasteiger charge is 2.37. The third kappa shape index (κ3) is 5.46. The molecule has 3 N–H and O–H groups in total. The van der Waals surface area contributed by atoms with Gasteiger partial charge in [-0.05, 0) is 39.0 Å². The summed E-state index contributed by atoms with van der Waals surface area (Å²) in [6, 6.07) is -0.245. The summed E-state index contributed by atoms with van der Waals surface area (Å²) in [4.78, 5) is 22.0. The number of hydrogen-bond acceptors (Lipinski definition) is 3. The van der Waals surface area contributed by atoms with E-state index >= 15 is 0 Å². The van der Waals surface area contributed by atoms with Crippen molar-refractivity contribution >= 4 is 12.0 Å². The summed E-state index contributed by atoms with van der Waals surface area (Å²) in [6.45, 7) is 2.40. The fourth-order valence-electron chi connectivity index (χ4n) is 2.17. The molecule has 1 atom stereocenters. The van der Waals surface area contributed by atoms with E-state index in [0.29, 0.717) is 19.4 Å². The topological polar surface area (TPSA) is 87.7 Å². The van der Waals surface area contributed by atoms with Gasteiger partial charge in [-0.3, -0.25) is 4.79 Å². The van der Waals surface area contributed by atoms with Crippen molar-refractivity contribution in [1.29, 1.82) is 0 Å². The molecule has 1 saturated carbocycles. The van der Waals surface area contributed by atoms with E-state index < -0.39 is 5.97 Å². The Hall–Kier alpha value is -1.30. The van der Waals surface area contributed by atoms with Gasteiger partial charge in [0, 0.05) is 26.1 Å². The molecule has 19 heavy (non-hydrogen) atoms. The summed E-state index contributed by atoms with van der Waals surface area (Å²) >= 11 is 0. The molecule has 0 aromatic carbocycles. The number of nitrogens with one attached hydrogen (secondary N) is 2. The molecule has 0 aromatic rings. The highest BCUT2D eigenvalue weighted by molar-refractivity contribution is 5.74. The molecule has 0 bridgehead atoms. The molecule has 0 spiro atoms. The molecule has 0 aromatic heterocycles. The molecule has 6 heteroatoms. The average Bonchev–Trinajstić information content (AvgIpc) is 2.27. The minimum Gasteiger partial charge on any atom is -0.481 e. The Morgan fingerprint density at radius 3 is 2.58 bits per heavy atom. The average molecular weight is 272 g/mol. The van der Waals surface area contributed by atoms with Gasteiger partial charge >= 0.3 is 12.0 Å². The molecule has 0 aliphatic heterocycles. The predicted octanol–water partition coefficient (Wildman–Crippen LogP) is 1.50. The van der Waals surface area contributed by atoms with Crippen LogP contribution in [0.25, 0.3) is 0 Å². The Balaban J connectivity index is 2.14. The lowest BCUT2D eigenvalue weighted by molar-refractivity contribution is -0.137. The zero-order chi connectivity index (χ0) is 14.3. The van der Waals surface area contributed by atoms with E-state index in [4.69, 9.17) is 9.84 Å². The first-order chi connectivity index (χ1) is 8.97. The van der Waals surface area contributed by atoms with Gasteiger partial charge in [-0.25, -0.2) is 4.79 Å². The molecule has 0 heterocycles. The number of aliphatic carboxylic acids is 1. The van der Waals surface area contributed by atoms with Crippen LogP contribution in [0.2, 0.25) is 0 Å². The van der Waals surface area contributed by atoms with E-state index in [0.717, 1.165) is 19.3 Å². The van der Waals surface area contributed by atoms with Crippen LogP contribution in [-0.4, -0.2) is 42.4 Å². The lowest BCUT2D eigenvalue weighted by atomic mass is 9.80. The number of carbonyl (C=O) groups excluding carboxylic acids is 1. The fraction of sp³-hybridized carbons (Fsp3) is 0.846. The van der Waals surface area contributed by atoms with Crippen molar-refractivity contribution < 1.29 is 19.4 Å². The van der Waals surface area contributed by atoms with Crippen LogP contribution < -0.4 is 10.6 Å². The van der Waals surface area contributed by atoms with Gasteiger partial charge in [0.15, 0.2) is 0 Å². The molecule has 1 rings (SSSR count). The quantitative estimate of drug-likeness (QED) is 0.625. The van der Waals surface area contributed by atoms with Crippen LogP contribution in [-0.2, 0) is 9.53 Å². The lowest BCUT2D eigenvalue weighted by Gasteiger charge is -2.40. The van der Waals surface area contributed by atoms with E-state index in [1.165, 1.54) is 0 Å². The summed E-state index contributed by atoms with van der Waals surface area (Å²) in [5.74, 6) is -0.802. The van der Waals surface area contributed by atoms with Crippen LogP contribution in [0.15, 0.2) is 0 Å². The second-order valence-electron chi connectivity index (χ2n) is 5.25. The van der Waals surface area contributed by atoms with Crippen molar-refractivity contribution in [1.82, 2.24) is 10.6 Å². The zero-order valence-corrected chi connectivity index (χ0v) is 11.7. The molecule has 1 aliphatic carbocycles. The molecule has 2 amide bonds. The van der Waals surface area contributed by atoms with Crippen molar-refractivity contribution in [2.75, 3.05) is 13.7 Å². The standard InChI is InChI=1S/C13H24N2O4/c1-10(5-3-6-11(16)17)15-12(18)14-9-13(19-2)7-4-8-13/h10H,3-9H2,1-2H3,(H,16,17)(H2,14,15,18). The van der Waals surface area contributed by atoms with E-state index in [1.807, 2.05) is 6.92 Å². The summed E-state index contributed by atoms with van der Waals surface area (Å²) in [5.41, 5.74) is -0.177. The van der Waals surface area contributed by atoms with Gasteiger partial charge in [0.1, 0.15) is 0 Å². The number of ether oxygens (including phenoxy) is 1. The lowest BCUT2D eigenvalue weighted by Crippen LogP contribution is -2.52. The smallest absolute Gasteiger partial charge is 0.315 e. The second kappa shape index (κ2) is 7.33. The van der Waals surface area contributed by atoms with Crippen molar-refractivity contribution in [3.8, 4) is 0 Å². The first-order valence-electron chi connectivity index (χ1n) is 6.79. The van der Waals surface area contributed by atoms with Gasteiger partial charge in [0.05, 0.1) is 5.60 Å². The fourth-order valence-corrected chi connectivity index (χ4v) is 2.17. The predicted molar refractivity (Wildman–Crippen MR) is 71.1 cm³/mol. The number of carbonyl (C=O) groups is 2. The minimum atomic E-state index is -0.802. The summed E-state index contributed by atoms with van der Waals surface area (Å²) in [7, 11) is 1.67. The molecule has 1 unspecified atom stereocenters. The first kappa shape index (κ1) is 15.8. The van der Waals surface area contributed by atoms with Crippen molar-refractivity contribution in [2.24, 2.45) is 0 Å². The van der Waals surface area contributed by atoms with Gasteiger partial charge in [-0.1, -0.05) is 0 Å². The highest BCUT2D eigenvalue weighted by atomic mass is 16.5. The molecule has 0 radical (unpaired) electrons. The maximum atomic E-state index is 11.7. The van der Waals surface area contributed by atoms with Gasteiger partial charge in [-0.15, -0.1) is 0 Å². The van der Waals surface area contributed by atoms with Gasteiger partial charge in [0.25, 0.3) is 0 Å². The number of carboxylic acid groups (broad SMARTS) is 1. The number of hydrogen-bond donors (Lipinski definition) is 3. The Morgan fingerprint density at radius 2 is 2.11 bits per heavy atom. The SMILES string of the molecule is COC1(CNC(=O)NC(C)CCCC(=O)O)CCC1. The number of rotatable bonds is 8. The van der Waals surface area contributed by atoms with Crippen molar-refractivity contribution in [3.63, 3.8) is 0 Å². The molecule has 0 saturated heterocycles. The molecular formula is C13H24N2O4. The van der Waals surface area contributed by atoms with E-state index in [2.05, 4.69) is 10.6 Å². The van der Waals surface area contributed by atoms with Crippen molar-refractivity contribution in [3.05, 3.63) is 0 Å². The highest BCUT2D eigenvalue weighted by Crippen LogP contribution is 2.34. The number of carboxylic acids is 1. The van der Waals surface area contributed by atoms with E-state index in [1.54, 1.807) is 7.11 Å². The number of urea groups is 1. The number of methoxy groups -OCH3 is 1. The third-order valence-electron chi connectivity index (χ3n) is 3.67. The summed E-state index contributed by atoms with van der Waals surface area (Å²) in [6.07, 6.45) is 4.48. The van der Waals surface area contributed by atoms with Crippen LogP contribution in [0, 0.1) is 0 Å². The van der Waals surface area contributed by atoms with Crippen LogP contribution >= 0.6 is 0 Å². The zero-order valence-electron chi connectivity index (χ0n) is 11.7. The second-order valence-corrected chi connectivity index (χ2v) is 5.25. The van der Waals surface area contributed by atoms with Crippen LogP contribution in [0.3, 0.4) is 0 Å². The van der Waals surface area contributed by atoms with E-state index in [9.17, 15) is 9.59 Å². The molecule has 1 aliphatic rings. The van der Waals surface area contributed by atoms with Crippen LogP contribution in [0.4, 0.5) is 4.79 Å².